The van der Waals surface area contributed by atoms with Crippen molar-refractivity contribution in [1.29, 1.82) is 0 Å². The lowest BCUT2D eigenvalue weighted by molar-refractivity contribution is -0.305. The van der Waals surface area contributed by atoms with Crippen molar-refractivity contribution >= 4 is 17.8 Å². The molecule has 9 nitrogen and oxygen atoms in total. The fourth-order valence-electron chi connectivity index (χ4n) is 6.50. The SMILES string of the molecule is CCCCCCCCCCCCCCCC(=O)NCC(COC(c1ccccc1)(c1ccc(OC)cc1)c1ccc(OC)cc1)OC(=O)CCC(=O)[O-]. The third-order valence-corrected chi connectivity index (χ3v) is 9.52. The summed E-state index contributed by atoms with van der Waals surface area (Å²) in [5.74, 6) is -0.841. The number of carboxylic acid groups (broad SMARTS) is 1. The van der Waals surface area contributed by atoms with E-state index in [0.29, 0.717) is 17.9 Å². The maximum absolute atomic E-state index is 12.9. The van der Waals surface area contributed by atoms with Gasteiger partial charge in [0.25, 0.3) is 0 Å². The van der Waals surface area contributed by atoms with Crippen LogP contribution >= 0.6 is 0 Å². The van der Waals surface area contributed by atoms with Crippen molar-refractivity contribution in [1.82, 2.24) is 5.32 Å². The van der Waals surface area contributed by atoms with Crippen LogP contribution < -0.4 is 19.9 Å². The van der Waals surface area contributed by atoms with Gasteiger partial charge in [-0.25, -0.2) is 0 Å². The van der Waals surface area contributed by atoms with Gasteiger partial charge in [-0.2, -0.15) is 0 Å². The second-order valence-corrected chi connectivity index (χ2v) is 13.6. The maximum Gasteiger partial charge on any atom is 0.306 e. The molecule has 0 radical (unpaired) electrons. The number of unbranched alkanes of at least 4 members (excludes halogenated alkanes) is 12. The van der Waals surface area contributed by atoms with Gasteiger partial charge in [0.1, 0.15) is 23.2 Å². The molecule has 9 heteroatoms. The average Bonchev–Trinajstić information content (AvgIpc) is 3.18. The predicted molar refractivity (Wildman–Crippen MR) is 206 cm³/mol. The molecule has 1 unspecified atom stereocenters. The summed E-state index contributed by atoms with van der Waals surface area (Å²) >= 11 is 0. The molecule has 0 aliphatic rings. The molecule has 3 aromatic carbocycles. The van der Waals surface area contributed by atoms with Crippen LogP contribution in [0, 0.1) is 0 Å². The quantitative estimate of drug-likeness (QED) is 0.0453. The number of carbonyl (C=O) groups is 3. The van der Waals surface area contributed by atoms with E-state index in [9.17, 15) is 19.5 Å². The van der Waals surface area contributed by atoms with Crippen LogP contribution in [0.5, 0.6) is 11.5 Å². The highest BCUT2D eigenvalue weighted by Crippen LogP contribution is 2.42. The van der Waals surface area contributed by atoms with Crippen LogP contribution in [0.25, 0.3) is 0 Å². The van der Waals surface area contributed by atoms with Crippen LogP contribution in [-0.2, 0) is 29.5 Å². The summed E-state index contributed by atoms with van der Waals surface area (Å²) in [6.07, 6.45) is 14.6. The summed E-state index contributed by atoms with van der Waals surface area (Å²) in [5.41, 5.74) is 1.24. The first-order valence-electron chi connectivity index (χ1n) is 19.5. The van der Waals surface area contributed by atoms with E-state index in [0.717, 1.165) is 36.0 Å². The topological polar surface area (TPSA) is 123 Å². The molecule has 1 amide bonds. The number of hydrogen-bond acceptors (Lipinski definition) is 8. The first-order chi connectivity index (χ1) is 25.8. The molecule has 290 valence electrons. The number of hydrogen-bond donors (Lipinski definition) is 1. The number of methoxy groups -OCH3 is 2. The summed E-state index contributed by atoms with van der Waals surface area (Å²) < 4.78 is 23.5. The van der Waals surface area contributed by atoms with Gasteiger partial charge in [-0.1, -0.05) is 139 Å². The highest BCUT2D eigenvalue weighted by Gasteiger charge is 2.39. The first kappa shape index (κ1) is 43.0. The second-order valence-electron chi connectivity index (χ2n) is 13.6. The molecule has 0 fully saturated rings. The van der Waals surface area contributed by atoms with E-state index in [1.54, 1.807) is 14.2 Å². The van der Waals surface area contributed by atoms with Crippen LogP contribution in [0.3, 0.4) is 0 Å². The van der Waals surface area contributed by atoms with Gasteiger partial charge < -0.3 is 34.2 Å². The number of amides is 1. The van der Waals surface area contributed by atoms with Crippen LogP contribution in [0.4, 0.5) is 0 Å². The minimum absolute atomic E-state index is 0.00440. The fourth-order valence-corrected chi connectivity index (χ4v) is 6.50. The molecular formula is C44H60NO8-. The largest absolute Gasteiger partial charge is 0.550 e. The number of carbonyl (C=O) groups excluding carboxylic acids is 3. The lowest BCUT2D eigenvalue weighted by Crippen LogP contribution is -2.41. The molecule has 1 atom stereocenters. The van der Waals surface area contributed by atoms with Crippen LogP contribution in [0.15, 0.2) is 78.9 Å². The number of ether oxygens (including phenoxy) is 4. The lowest BCUT2D eigenvalue weighted by atomic mass is 9.80. The van der Waals surface area contributed by atoms with Gasteiger partial charge in [-0.15, -0.1) is 0 Å². The number of benzene rings is 3. The van der Waals surface area contributed by atoms with Gasteiger partial charge in [-0.05, 0) is 53.8 Å². The normalized spacial score (nSPS) is 11.8. The van der Waals surface area contributed by atoms with E-state index in [4.69, 9.17) is 18.9 Å². The Bertz CT molecular complexity index is 1410. The van der Waals surface area contributed by atoms with Crippen molar-refractivity contribution in [2.75, 3.05) is 27.4 Å². The second kappa shape index (κ2) is 24.8. The smallest absolute Gasteiger partial charge is 0.306 e. The van der Waals surface area contributed by atoms with E-state index in [2.05, 4.69) is 12.2 Å². The van der Waals surface area contributed by atoms with Crippen molar-refractivity contribution in [3.05, 3.63) is 95.6 Å². The molecule has 1 N–H and O–H groups in total. The van der Waals surface area contributed by atoms with Gasteiger partial charge in [0, 0.05) is 12.4 Å². The zero-order chi connectivity index (χ0) is 38.2. The molecular weight excluding hydrogens is 670 g/mol. The minimum Gasteiger partial charge on any atom is -0.550 e. The fraction of sp³-hybridized carbons (Fsp3) is 0.523. The van der Waals surface area contributed by atoms with Gasteiger partial charge in [0.05, 0.1) is 33.8 Å². The van der Waals surface area contributed by atoms with Crippen molar-refractivity contribution in [3.63, 3.8) is 0 Å². The highest BCUT2D eigenvalue weighted by atomic mass is 16.6. The van der Waals surface area contributed by atoms with Crippen LogP contribution in [0.1, 0.15) is 126 Å². The Morgan fingerprint density at radius 1 is 0.623 bits per heavy atom. The molecule has 0 aliphatic heterocycles. The summed E-state index contributed by atoms with van der Waals surface area (Å²) in [7, 11) is 3.21. The molecule has 0 saturated carbocycles. The third kappa shape index (κ3) is 15.3. The Morgan fingerprint density at radius 3 is 1.57 bits per heavy atom. The summed E-state index contributed by atoms with van der Waals surface area (Å²) in [6, 6.07) is 24.8. The zero-order valence-corrected chi connectivity index (χ0v) is 32.1. The van der Waals surface area contributed by atoms with Gasteiger partial charge >= 0.3 is 5.97 Å². The molecule has 0 saturated heterocycles. The molecule has 53 heavy (non-hydrogen) atoms. The molecule has 3 aromatic rings. The summed E-state index contributed by atoms with van der Waals surface area (Å²) in [5, 5.41) is 14.0. The minimum atomic E-state index is -1.34. The Labute approximate surface area is 316 Å². The van der Waals surface area contributed by atoms with Crippen LogP contribution in [0.2, 0.25) is 0 Å². The number of carboxylic acids is 1. The van der Waals surface area contributed by atoms with Crippen molar-refractivity contribution in [3.8, 4) is 11.5 Å². The lowest BCUT2D eigenvalue weighted by Gasteiger charge is -2.37. The third-order valence-electron chi connectivity index (χ3n) is 9.52. The molecule has 0 bridgehead atoms. The zero-order valence-electron chi connectivity index (χ0n) is 32.1. The highest BCUT2D eigenvalue weighted by molar-refractivity contribution is 5.76. The first-order valence-corrected chi connectivity index (χ1v) is 19.5. The van der Waals surface area contributed by atoms with Gasteiger partial charge in [-0.3, -0.25) is 9.59 Å². The van der Waals surface area contributed by atoms with E-state index < -0.39 is 30.1 Å². The molecule has 0 aromatic heterocycles. The predicted octanol–water partition coefficient (Wildman–Crippen LogP) is 8.05. The summed E-state index contributed by atoms with van der Waals surface area (Å²) in [4.78, 5) is 36.8. The van der Waals surface area contributed by atoms with E-state index >= 15 is 0 Å². The van der Waals surface area contributed by atoms with Crippen molar-refractivity contribution in [2.24, 2.45) is 0 Å². The van der Waals surface area contributed by atoms with Crippen molar-refractivity contribution in [2.45, 2.75) is 121 Å². The maximum atomic E-state index is 12.9. The monoisotopic (exact) mass is 730 g/mol. The number of esters is 1. The van der Waals surface area contributed by atoms with Gasteiger partial charge in [0.2, 0.25) is 5.91 Å². The molecule has 0 spiro atoms. The summed E-state index contributed by atoms with van der Waals surface area (Å²) in [6.45, 7) is 2.14. The number of aliphatic carboxylic acids is 1. The Hall–Kier alpha value is -4.37. The van der Waals surface area contributed by atoms with Crippen molar-refractivity contribution < 1.29 is 38.4 Å². The standard InChI is InChI=1S/C44H61NO8/c1-4-5-6-7-8-9-10-11-12-13-14-15-19-22-41(46)45-33-40(53-43(49)32-31-42(47)48)34-52-44(35-20-17-16-18-21-35,36-23-27-38(50-2)28-24-36)37-25-29-39(51-3)30-26-37/h16-18,20-21,23-30,40H,4-15,19,22,31-34H2,1-3H3,(H,45,46)(H,47,48)/p-1. The number of rotatable bonds is 28. The van der Waals surface area contributed by atoms with E-state index in [1.165, 1.54) is 64.2 Å². The molecule has 0 aliphatic carbocycles. The average molecular weight is 731 g/mol. The number of nitrogens with one attached hydrogen (secondary N) is 1. The Kier molecular flexibility index (Phi) is 20.1. The van der Waals surface area contributed by atoms with Gasteiger partial charge in [0.15, 0.2) is 0 Å². The Balaban J connectivity index is 1.68. The van der Waals surface area contributed by atoms with E-state index in [1.807, 2.05) is 78.9 Å². The molecule has 3 rings (SSSR count). The molecule has 0 heterocycles. The van der Waals surface area contributed by atoms with Crippen LogP contribution in [-0.4, -0.2) is 51.3 Å². The Morgan fingerprint density at radius 2 is 1.09 bits per heavy atom. The van der Waals surface area contributed by atoms with E-state index in [-0.39, 0.29) is 25.5 Å².